The molecule has 2 heterocycles. The molecule has 4 rings (SSSR count). The van der Waals surface area contributed by atoms with Crippen LogP contribution in [0.25, 0.3) is 10.2 Å². The van der Waals surface area contributed by atoms with Gasteiger partial charge in [-0.1, -0.05) is 44.2 Å². The second-order valence-corrected chi connectivity index (χ2v) is 8.73. The fourth-order valence-electron chi connectivity index (χ4n) is 3.54. The minimum atomic E-state index is -0.657. The van der Waals surface area contributed by atoms with Crippen LogP contribution in [0, 0.1) is 5.82 Å². The number of aromatic nitrogens is 2. The lowest BCUT2D eigenvalue weighted by Crippen LogP contribution is -2.41. The van der Waals surface area contributed by atoms with Crippen LogP contribution in [0.15, 0.2) is 69.6 Å². The van der Waals surface area contributed by atoms with Crippen molar-refractivity contribution < 1.29 is 9.18 Å². The number of rotatable bonds is 6. The topological polar surface area (TPSA) is 73.1 Å². The molecule has 0 unspecified atom stereocenters. The molecule has 0 spiro atoms. The molecule has 8 heteroatoms. The molecule has 164 valence electrons. The Bertz CT molecular complexity index is 1420. The average Bonchev–Trinajstić information content (AvgIpc) is 3.25. The van der Waals surface area contributed by atoms with E-state index in [-0.39, 0.29) is 18.7 Å². The second kappa shape index (κ2) is 8.92. The first kappa shape index (κ1) is 21.7. The van der Waals surface area contributed by atoms with Gasteiger partial charge in [-0.2, -0.15) is 0 Å². The van der Waals surface area contributed by atoms with Crippen molar-refractivity contribution in [3.05, 3.63) is 97.8 Å². The number of fused-ring (bicyclic) bond motifs is 1. The number of hydrogen-bond donors (Lipinski definition) is 1. The Hall–Kier alpha value is -3.52. The van der Waals surface area contributed by atoms with E-state index < -0.39 is 23.0 Å². The summed E-state index contributed by atoms with van der Waals surface area (Å²) in [6, 6.07) is 15.2. The van der Waals surface area contributed by atoms with Gasteiger partial charge < -0.3 is 5.32 Å². The third-order valence-electron chi connectivity index (χ3n) is 5.26. The van der Waals surface area contributed by atoms with Crippen molar-refractivity contribution in [2.45, 2.75) is 32.9 Å². The maximum absolute atomic E-state index is 14.1. The Morgan fingerprint density at radius 3 is 2.59 bits per heavy atom. The number of carbonyl (C=O) groups excluding carboxylic acids is 1. The molecule has 4 aromatic rings. The monoisotopic (exact) mass is 451 g/mol. The zero-order valence-corrected chi connectivity index (χ0v) is 18.5. The van der Waals surface area contributed by atoms with Gasteiger partial charge in [-0.05, 0) is 41.1 Å². The first-order chi connectivity index (χ1) is 15.3. The van der Waals surface area contributed by atoms with Crippen molar-refractivity contribution in [3.63, 3.8) is 0 Å². The van der Waals surface area contributed by atoms with Crippen molar-refractivity contribution in [1.29, 1.82) is 0 Å². The van der Waals surface area contributed by atoms with Crippen LogP contribution in [-0.4, -0.2) is 15.0 Å². The zero-order chi connectivity index (χ0) is 22.8. The van der Waals surface area contributed by atoms with Gasteiger partial charge >= 0.3 is 5.69 Å². The summed E-state index contributed by atoms with van der Waals surface area (Å²) in [6.45, 7) is 3.64. The predicted molar refractivity (Wildman–Crippen MR) is 125 cm³/mol. The number of benzene rings is 2. The number of thiophene rings is 1. The van der Waals surface area contributed by atoms with Crippen LogP contribution >= 0.6 is 11.3 Å². The molecule has 0 radical (unpaired) electrons. The van der Waals surface area contributed by atoms with E-state index in [1.54, 1.807) is 29.6 Å². The lowest BCUT2D eigenvalue weighted by atomic mass is 10.0. The van der Waals surface area contributed by atoms with Crippen LogP contribution < -0.4 is 16.6 Å². The Morgan fingerprint density at radius 2 is 1.84 bits per heavy atom. The van der Waals surface area contributed by atoms with E-state index in [9.17, 15) is 18.8 Å². The molecule has 0 atom stereocenters. The summed E-state index contributed by atoms with van der Waals surface area (Å²) in [6.07, 6.45) is 0. The maximum atomic E-state index is 14.1. The highest BCUT2D eigenvalue weighted by Gasteiger charge is 2.18. The van der Waals surface area contributed by atoms with Gasteiger partial charge in [-0.25, -0.2) is 9.18 Å². The van der Waals surface area contributed by atoms with E-state index in [4.69, 9.17) is 0 Å². The summed E-state index contributed by atoms with van der Waals surface area (Å²) >= 11 is 1.18. The third kappa shape index (κ3) is 4.27. The van der Waals surface area contributed by atoms with Crippen LogP contribution in [0.5, 0.6) is 0 Å². The fourth-order valence-corrected chi connectivity index (χ4v) is 4.39. The van der Waals surface area contributed by atoms with E-state index in [0.717, 1.165) is 10.1 Å². The number of nitrogens with zero attached hydrogens (tertiary/aromatic N) is 2. The van der Waals surface area contributed by atoms with Crippen LogP contribution in [-0.2, 0) is 17.9 Å². The summed E-state index contributed by atoms with van der Waals surface area (Å²) in [5.74, 6) is -0.585. The molecular formula is C24H22FN3O3S. The maximum Gasteiger partial charge on any atom is 0.332 e. The largest absolute Gasteiger partial charge is 0.332 e. The average molecular weight is 452 g/mol. The zero-order valence-electron chi connectivity index (χ0n) is 17.7. The molecule has 2 aromatic heterocycles. The summed E-state index contributed by atoms with van der Waals surface area (Å²) in [5, 5.41) is 4.51. The Balaban J connectivity index is 1.70. The SMILES string of the molecule is CC(C)c1cccc(NC(=O)Cn2c(=O)n(Cc3ccccc3F)c(=O)c3sccc32)c1. The standard InChI is InChI=1S/C24H22FN3O3S/c1-15(2)16-7-5-8-18(12-16)26-21(29)14-27-20-10-11-32-22(20)23(30)28(24(27)31)13-17-6-3-4-9-19(17)25/h3-12,15H,13-14H2,1-2H3,(H,26,29). The van der Waals surface area contributed by atoms with Crippen molar-refractivity contribution in [1.82, 2.24) is 9.13 Å². The predicted octanol–water partition coefficient (Wildman–Crippen LogP) is 4.17. The molecule has 0 aliphatic carbocycles. The summed E-state index contributed by atoms with van der Waals surface area (Å²) < 4.78 is 16.7. The van der Waals surface area contributed by atoms with Gasteiger partial charge in [0.15, 0.2) is 0 Å². The van der Waals surface area contributed by atoms with Gasteiger partial charge in [0.2, 0.25) is 5.91 Å². The van der Waals surface area contributed by atoms with E-state index in [1.807, 2.05) is 18.2 Å². The number of hydrogen-bond acceptors (Lipinski definition) is 4. The molecule has 2 aromatic carbocycles. The molecule has 0 aliphatic heterocycles. The number of halogens is 1. The molecule has 0 saturated heterocycles. The van der Waals surface area contributed by atoms with Gasteiger partial charge in [0.1, 0.15) is 17.1 Å². The van der Waals surface area contributed by atoms with Crippen LogP contribution in [0.2, 0.25) is 0 Å². The van der Waals surface area contributed by atoms with Crippen LogP contribution in [0.3, 0.4) is 0 Å². The molecule has 32 heavy (non-hydrogen) atoms. The fraction of sp³-hybridized carbons (Fsp3) is 0.208. The van der Waals surface area contributed by atoms with Gasteiger partial charge in [-0.3, -0.25) is 18.7 Å². The summed E-state index contributed by atoms with van der Waals surface area (Å²) in [5.41, 5.74) is 1.18. The Labute approximate surface area is 187 Å². The molecule has 0 fully saturated rings. The van der Waals surface area contributed by atoms with Crippen molar-refractivity contribution in [2.24, 2.45) is 0 Å². The highest BCUT2D eigenvalue weighted by Crippen LogP contribution is 2.19. The van der Waals surface area contributed by atoms with Gasteiger partial charge in [0.05, 0.1) is 12.1 Å². The lowest BCUT2D eigenvalue weighted by molar-refractivity contribution is -0.116. The summed E-state index contributed by atoms with van der Waals surface area (Å²) in [7, 11) is 0. The normalized spacial score (nSPS) is 11.2. The van der Waals surface area contributed by atoms with E-state index in [2.05, 4.69) is 19.2 Å². The second-order valence-electron chi connectivity index (χ2n) is 7.81. The Kier molecular flexibility index (Phi) is 6.05. The summed E-state index contributed by atoms with van der Waals surface area (Å²) in [4.78, 5) is 38.8. The highest BCUT2D eigenvalue weighted by atomic mass is 32.1. The number of nitrogens with one attached hydrogen (secondary N) is 1. The minimum Gasteiger partial charge on any atom is -0.325 e. The highest BCUT2D eigenvalue weighted by molar-refractivity contribution is 7.17. The van der Waals surface area contributed by atoms with Crippen LogP contribution in [0.4, 0.5) is 10.1 Å². The molecule has 6 nitrogen and oxygen atoms in total. The first-order valence-corrected chi connectivity index (χ1v) is 11.1. The third-order valence-corrected chi connectivity index (χ3v) is 6.15. The minimum absolute atomic E-state index is 0.212. The van der Waals surface area contributed by atoms with Gasteiger partial charge in [0, 0.05) is 11.3 Å². The van der Waals surface area contributed by atoms with Crippen LogP contribution in [0.1, 0.15) is 30.9 Å². The van der Waals surface area contributed by atoms with E-state index >= 15 is 0 Å². The first-order valence-electron chi connectivity index (χ1n) is 10.2. The quantitative estimate of drug-likeness (QED) is 0.478. The van der Waals surface area contributed by atoms with Crippen molar-refractivity contribution in [3.8, 4) is 0 Å². The molecule has 0 aliphatic rings. The van der Waals surface area contributed by atoms with Crippen molar-refractivity contribution in [2.75, 3.05) is 5.32 Å². The van der Waals surface area contributed by atoms with Gasteiger partial charge in [0.25, 0.3) is 5.56 Å². The molecular weight excluding hydrogens is 429 g/mol. The lowest BCUT2D eigenvalue weighted by Gasteiger charge is -2.13. The Morgan fingerprint density at radius 1 is 1.06 bits per heavy atom. The number of carbonyl (C=O) groups is 1. The number of anilines is 1. The molecule has 1 amide bonds. The van der Waals surface area contributed by atoms with Crippen molar-refractivity contribution >= 4 is 33.1 Å². The number of amides is 1. The molecule has 0 bridgehead atoms. The molecule has 1 N–H and O–H groups in total. The molecule has 0 saturated carbocycles. The van der Waals surface area contributed by atoms with E-state index in [1.165, 1.54) is 28.0 Å². The smallest absolute Gasteiger partial charge is 0.325 e. The van der Waals surface area contributed by atoms with E-state index in [0.29, 0.717) is 21.8 Å². The van der Waals surface area contributed by atoms with Gasteiger partial charge in [-0.15, -0.1) is 11.3 Å².